The highest BCUT2D eigenvalue weighted by Crippen LogP contribution is 2.44. The molecule has 0 aliphatic carbocycles. The molecule has 9 heteroatoms. The topological polar surface area (TPSA) is 63.2 Å². The molecule has 0 saturated carbocycles. The molecular formula is C19H15F3O6. The normalized spacial score (nSPS) is 19.5. The number of para-hydroxylation sites is 1. The van der Waals surface area contributed by atoms with Gasteiger partial charge in [-0.3, -0.25) is 0 Å². The van der Waals surface area contributed by atoms with Crippen LogP contribution in [0.15, 0.2) is 36.4 Å². The first-order valence-electron chi connectivity index (χ1n) is 8.37. The van der Waals surface area contributed by atoms with Crippen LogP contribution in [-0.4, -0.2) is 32.2 Å². The molecule has 0 fully saturated rings. The van der Waals surface area contributed by atoms with Gasteiger partial charge < -0.3 is 23.7 Å². The third kappa shape index (κ3) is 3.28. The Bertz CT molecular complexity index is 917. The molecule has 0 amide bonds. The summed E-state index contributed by atoms with van der Waals surface area (Å²) in [6.07, 6.45) is -5.54. The maximum atomic E-state index is 14.2. The summed E-state index contributed by atoms with van der Waals surface area (Å²) in [6.45, 7) is -0.0553. The zero-order valence-corrected chi connectivity index (χ0v) is 14.6. The Morgan fingerprint density at radius 3 is 2.86 bits per heavy atom. The van der Waals surface area contributed by atoms with Gasteiger partial charge in [-0.05, 0) is 12.1 Å². The van der Waals surface area contributed by atoms with E-state index in [4.69, 9.17) is 9.47 Å². The van der Waals surface area contributed by atoms with E-state index in [1.54, 1.807) is 30.3 Å². The predicted molar refractivity (Wildman–Crippen MR) is 88.6 cm³/mol. The lowest BCUT2D eigenvalue weighted by Gasteiger charge is -2.13. The van der Waals surface area contributed by atoms with Gasteiger partial charge in [-0.2, -0.15) is 0 Å². The molecule has 0 bridgehead atoms. The van der Waals surface area contributed by atoms with Crippen LogP contribution in [0, 0.1) is 0 Å². The lowest BCUT2D eigenvalue weighted by atomic mass is 9.96. The lowest BCUT2D eigenvalue weighted by Crippen LogP contribution is -2.26. The number of rotatable bonds is 5. The minimum atomic E-state index is -3.71. The first-order valence-corrected chi connectivity index (χ1v) is 8.37. The Hall–Kier alpha value is -3.10. The van der Waals surface area contributed by atoms with E-state index < -0.39 is 24.4 Å². The number of hydrogen-bond acceptors (Lipinski definition) is 6. The molecular weight excluding hydrogens is 381 g/mol. The number of alkyl halides is 3. The first-order chi connectivity index (χ1) is 13.4. The first kappa shape index (κ1) is 18.3. The maximum absolute atomic E-state index is 14.2. The van der Waals surface area contributed by atoms with E-state index in [2.05, 4.69) is 14.2 Å². The number of methoxy groups -OCH3 is 1. The van der Waals surface area contributed by atoms with Crippen LogP contribution in [0.4, 0.5) is 13.2 Å². The zero-order chi connectivity index (χ0) is 19.9. The number of carbonyl (C=O) groups excluding carboxylic acids is 1. The molecule has 2 atom stereocenters. The molecule has 2 aliphatic heterocycles. The fourth-order valence-electron chi connectivity index (χ4n) is 3.12. The largest absolute Gasteiger partial charge is 0.586 e. The van der Waals surface area contributed by atoms with Crippen molar-refractivity contribution in [3.63, 3.8) is 0 Å². The van der Waals surface area contributed by atoms with E-state index in [1.807, 2.05) is 0 Å². The molecule has 0 N–H and O–H groups in total. The van der Waals surface area contributed by atoms with Gasteiger partial charge in [0.15, 0.2) is 11.5 Å². The van der Waals surface area contributed by atoms with Gasteiger partial charge in [-0.25, -0.2) is 9.18 Å². The van der Waals surface area contributed by atoms with Gasteiger partial charge in [-0.1, -0.05) is 18.2 Å². The second-order valence-electron chi connectivity index (χ2n) is 6.24. The van der Waals surface area contributed by atoms with E-state index >= 15 is 0 Å². The summed E-state index contributed by atoms with van der Waals surface area (Å²) >= 11 is 0. The molecule has 0 radical (unpaired) electrons. The zero-order valence-electron chi connectivity index (χ0n) is 14.6. The van der Waals surface area contributed by atoms with Crippen molar-refractivity contribution in [1.29, 1.82) is 0 Å². The standard InChI is InChI=1S/C19H15F3O6/c1-24-18(23)16(20)13-9-26-15-7-11(5-6-12(13)15)25-8-10-3-2-4-14-17(10)28-19(21,22)27-14/h2-7,13,16H,8-9H2,1H3. The average molecular weight is 396 g/mol. The van der Waals surface area contributed by atoms with Crippen LogP contribution < -0.4 is 18.9 Å². The highest BCUT2D eigenvalue weighted by Gasteiger charge is 2.44. The van der Waals surface area contributed by atoms with E-state index in [0.29, 0.717) is 22.6 Å². The number of benzene rings is 2. The van der Waals surface area contributed by atoms with Gasteiger partial charge in [0.25, 0.3) is 0 Å². The van der Waals surface area contributed by atoms with Crippen molar-refractivity contribution in [2.24, 2.45) is 0 Å². The molecule has 28 heavy (non-hydrogen) atoms. The molecule has 2 heterocycles. The van der Waals surface area contributed by atoms with E-state index in [9.17, 15) is 18.0 Å². The third-order valence-electron chi connectivity index (χ3n) is 4.49. The Balaban J connectivity index is 1.47. The summed E-state index contributed by atoms with van der Waals surface area (Å²) in [5.41, 5.74) is 0.908. The van der Waals surface area contributed by atoms with Gasteiger partial charge in [0, 0.05) is 17.2 Å². The van der Waals surface area contributed by atoms with Gasteiger partial charge in [0.1, 0.15) is 18.1 Å². The number of hydrogen-bond donors (Lipinski definition) is 0. The molecule has 0 saturated heterocycles. The quantitative estimate of drug-likeness (QED) is 0.720. The monoisotopic (exact) mass is 396 g/mol. The molecule has 6 nitrogen and oxygen atoms in total. The second kappa shape index (κ2) is 6.81. The molecule has 2 aromatic carbocycles. The summed E-state index contributed by atoms with van der Waals surface area (Å²) in [7, 11) is 1.12. The van der Waals surface area contributed by atoms with Crippen LogP contribution >= 0.6 is 0 Å². The highest BCUT2D eigenvalue weighted by atomic mass is 19.3. The molecule has 148 valence electrons. The van der Waals surface area contributed by atoms with Crippen molar-refractivity contribution in [1.82, 2.24) is 0 Å². The molecule has 0 spiro atoms. The highest BCUT2D eigenvalue weighted by molar-refractivity contribution is 5.76. The summed E-state index contributed by atoms with van der Waals surface area (Å²) in [4.78, 5) is 11.4. The van der Waals surface area contributed by atoms with E-state index in [1.165, 1.54) is 6.07 Å². The van der Waals surface area contributed by atoms with Crippen molar-refractivity contribution < 1.29 is 41.7 Å². The van der Waals surface area contributed by atoms with Gasteiger partial charge in [0.2, 0.25) is 6.17 Å². The smallest absolute Gasteiger partial charge is 0.492 e. The van der Waals surface area contributed by atoms with Crippen LogP contribution in [0.25, 0.3) is 0 Å². The predicted octanol–water partition coefficient (Wildman–Crippen LogP) is 3.57. The maximum Gasteiger partial charge on any atom is 0.586 e. The number of fused-ring (bicyclic) bond motifs is 2. The SMILES string of the molecule is COC(=O)C(F)C1COc2cc(OCc3cccc4c3OC(F)(F)O4)ccc21. The van der Waals surface area contributed by atoms with Crippen LogP contribution in [-0.2, 0) is 16.1 Å². The molecule has 2 aliphatic rings. The number of esters is 1. The van der Waals surface area contributed by atoms with Crippen molar-refractivity contribution in [3.05, 3.63) is 47.5 Å². The summed E-state index contributed by atoms with van der Waals surface area (Å²) < 4.78 is 65.1. The molecule has 2 aromatic rings. The van der Waals surface area contributed by atoms with Crippen molar-refractivity contribution in [2.45, 2.75) is 25.0 Å². The summed E-state index contributed by atoms with van der Waals surface area (Å²) in [5.74, 6) is -1.10. The Morgan fingerprint density at radius 2 is 2.07 bits per heavy atom. The fourth-order valence-corrected chi connectivity index (χ4v) is 3.12. The van der Waals surface area contributed by atoms with Gasteiger partial charge in [-0.15, -0.1) is 8.78 Å². The molecule has 0 aromatic heterocycles. The van der Waals surface area contributed by atoms with Crippen LogP contribution in [0.3, 0.4) is 0 Å². The Kier molecular flexibility index (Phi) is 4.44. The van der Waals surface area contributed by atoms with Gasteiger partial charge in [0.05, 0.1) is 19.6 Å². The van der Waals surface area contributed by atoms with E-state index in [0.717, 1.165) is 7.11 Å². The second-order valence-corrected chi connectivity index (χ2v) is 6.24. The number of carbonyl (C=O) groups is 1. The van der Waals surface area contributed by atoms with Gasteiger partial charge >= 0.3 is 12.3 Å². The summed E-state index contributed by atoms with van der Waals surface area (Å²) in [5, 5.41) is 0. The van der Waals surface area contributed by atoms with Crippen LogP contribution in [0.2, 0.25) is 0 Å². The Labute approximate surface area is 157 Å². The van der Waals surface area contributed by atoms with Crippen LogP contribution in [0.1, 0.15) is 17.0 Å². The molecule has 4 rings (SSSR count). The molecule has 2 unspecified atom stereocenters. The summed E-state index contributed by atoms with van der Waals surface area (Å²) in [6, 6.07) is 9.23. The minimum Gasteiger partial charge on any atom is -0.492 e. The van der Waals surface area contributed by atoms with Crippen molar-refractivity contribution in [3.8, 4) is 23.0 Å². The number of ether oxygens (including phenoxy) is 5. The van der Waals surface area contributed by atoms with Crippen LogP contribution in [0.5, 0.6) is 23.0 Å². The lowest BCUT2D eigenvalue weighted by molar-refractivity contribution is -0.287. The van der Waals surface area contributed by atoms with Crippen molar-refractivity contribution in [2.75, 3.05) is 13.7 Å². The minimum absolute atomic E-state index is 0.00150. The fraction of sp³-hybridized carbons (Fsp3) is 0.316. The Morgan fingerprint density at radius 1 is 1.25 bits per heavy atom. The third-order valence-corrected chi connectivity index (χ3v) is 4.49. The van der Waals surface area contributed by atoms with Crippen molar-refractivity contribution >= 4 is 5.97 Å². The average Bonchev–Trinajstić information content (AvgIpc) is 3.23. The number of halogens is 3. The van der Waals surface area contributed by atoms with E-state index in [-0.39, 0.29) is 24.7 Å².